The molecule has 0 amide bonds. The van der Waals surface area contributed by atoms with Gasteiger partial charge in [0.05, 0.1) is 11.1 Å². The molecule has 168 valence electrons. The molecule has 3 aliphatic rings. The van der Waals surface area contributed by atoms with Crippen LogP contribution in [0.5, 0.6) is 5.75 Å². The van der Waals surface area contributed by atoms with Crippen LogP contribution in [0.15, 0.2) is 29.2 Å². The second kappa shape index (κ2) is 8.42. The molecule has 0 atom stereocenters. The number of benzene rings is 1. The summed E-state index contributed by atoms with van der Waals surface area (Å²) < 4.78 is 12.0. The van der Waals surface area contributed by atoms with E-state index in [9.17, 15) is 4.79 Å². The zero-order chi connectivity index (χ0) is 21.5. The zero-order valence-corrected chi connectivity index (χ0v) is 18.9. The zero-order valence-electron chi connectivity index (χ0n) is 18.1. The van der Waals surface area contributed by atoms with E-state index in [1.165, 1.54) is 44.9 Å². The third-order valence-corrected chi connectivity index (χ3v) is 8.09. The van der Waals surface area contributed by atoms with Gasteiger partial charge in [-0.1, -0.05) is 11.6 Å². The number of aromatic nitrogens is 1. The van der Waals surface area contributed by atoms with Gasteiger partial charge in [-0.15, -0.1) is 0 Å². The van der Waals surface area contributed by atoms with E-state index in [1.807, 2.05) is 12.1 Å². The van der Waals surface area contributed by atoms with E-state index in [0.29, 0.717) is 21.6 Å². The van der Waals surface area contributed by atoms with Crippen LogP contribution in [0.1, 0.15) is 64.2 Å². The molecule has 1 aromatic heterocycles. The van der Waals surface area contributed by atoms with Crippen molar-refractivity contribution in [3.05, 3.63) is 39.8 Å². The Morgan fingerprint density at radius 2 is 1.87 bits per heavy atom. The molecule has 1 aromatic carbocycles. The topological polar surface area (TPSA) is 77.3 Å². The molecule has 2 saturated carbocycles. The number of hydrogen-bond acceptors (Lipinski definition) is 4. The highest BCUT2D eigenvalue weighted by Gasteiger charge is 2.48. The van der Waals surface area contributed by atoms with Crippen molar-refractivity contribution in [2.45, 2.75) is 75.9 Å². The summed E-state index contributed by atoms with van der Waals surface area (Å²) in [5.74, 6) is 1.45. The van der Waals surface area contributed by atoms with Crippen molar-refractivity contribution in [3.8, 4) is 5.75 Å². The predicted octanol–water partition coefficient (Wildman–Crippen LogP) is 5.19. The molecule has 5 nitrogen and oxygen atoms in total. The Kier molecular flexibility index (Phi) is 5.78. The van der Waals surface area contributed by atoms with Gasteiger partial charge in [0.1, 0.15) is 5.75 Å². The smallest absolute Gasteiger partial charge is 0.255 e. The fraction of sp³-hybridized carbons (Fsp3) is 0.640. The lowest BCUT2D eigenvalue weighted by Gasteiger charge is -2.44. The van der Waals surface area contributed by atoms with Gasteiger partial charge in [-0.05, 0) is 99.1 Å². The van der Waals surface area contributed by atoms with E-state index in [0.717, 1.165) is 43.8 Å². The minimum absolute atomic E-state index is 0.0770. The molecule has 0 radical (unpaired) electrons. The lowest BCUT2D eigenvalue weighted by molar-refractivity contribution is 0.0134. The molecule has 0 unspecified atom stereocenters. The Morgan fingerprint density at radius 1 is 1.13 bits per heavy atom. The number of nitrogens with one attached hydrogen (secondary N) is 1. The first-order chi connectivity index (χ1) is 14.9. The number of H-pyrrole nitrogens is 1. The second-order valence-corrected chi connectivity index (χ2v) is 10.7. The van der Waals surface area contributed by atoms with E-state index in [-0.39, 0.29) is 17.2 Å². The Morgan fingerprint density at radius 3 is 2.58 bits per heavy atom. The number of nitrogens with two attached hydrogens (primary N) is 1. The van der Waals surface area contributed by atoms with Crippen LogP contribution in [0.3, 0.4) is 0 Å². The maximum Gasteiger partial charge on any atom is 0.255 e. The summed E-state index contributed by atoms with van der Waals surface area (Å²) in [6.07, 6.45) is 13.4. The van der Waals surface area contributed by atoms with Crippen molar-refractivity contribution in [3.63, 3.8) is 0 Å². The molecule has 6 heteroatoms. The van der Waals surface area contributed by atoms with Crippen molar-refractivity contribution in [1.29, 1.82) is 0 Å². The normalized spacial score (nSPS) is 28.5. The quantitative estimate of drug-likeness (QED) is 0.642. The lowest BCUT2D eigenvalue weighted by Crippen LogP contribution is -2.40. The third-order valence-electron chi connectivity index (χ3n) is 7.79. The fourth-order valence-corrected chi connectivity index (χ4v) is 6.09. The number of halogens is 1. The standard InChI is InChI=1S/C25H33ClN2O3/c26-21-14-20-18(3-10-28-23(20)29)13-22(21)31-19-1-6-24(7-2-19,16-25(27)8-9-25)15-17-4-11-30-12-5-17/h3,10,13-14,17,19H,1-2,4-9,11-12,15-16,27H2,(H,28,29). The van der Waals surface area contributed by atoms with E-state index in [2.05, 4.69) is 4.98 Å². The van der Waals surface area contributed by atoms with E-state index >= 15 is 0 Å². The van der Waals surface area contributed by atoms with Gasteiger partial charge in [0.2, 0.25) is 0 Å². The highest BCUT2D eigenvalue weighted by atomic mass is 35.5. The summed E-state index contributed by atoms with van der Waals surface area (Å²) in [6.45, 7) is 1.81. The minimum atomic E-state index is -0.127. The Labute approximate surface area is 188 Å². The van der Waals surface area contributed by atoms with Crippen LogP contribution in [0.4, 0.5) is 0 Å². The van der Waals surface area contributed by atoms with Gasteiger partial charge in [0.25, 0.3) is 5.56 Å². The third kappa shape index (κ3) is 4.79. The molecule has 1 saturated heterocycles. The molecule has 3 fully saturated rings. The molecule has 1 aliphatic heterocycles. The summed E-state index contributed by atoms with van der Waals surface area (Å²) in [5, 5.41) is 1.95. The van der Waals surface area contributed by atoms with Gasteiger partial charge in [0, 0.05) is 30.3 Å². The summed E-state index contributed by atoms with van der Waals surface area (Å²) >= 11 is 6.47. The fourth-order valence-electron chi connectivity index (χ4n) is 5.88. The largest absolute Gasteiger partial charge is 0.489 e. The van der Waals surface area contributed by atoms with Crippen molar-refractivity contribution in [2.24, 2.45) is 17.1 Å². The molecule has 31 heavy (non-hydrogen) atoms. The number of fused-ring (bicyclic) bond motifs is 1. The monoisotopic (exact) mass is 444 g/mol. The number of rotatable bonds is 6. The molecule has 0 spiro atoms. The Bertz CT molecular complexity index is 986. The van der Waals surface area contributed by atoms with E-state index in [4.69, 9.17) is 26.8 Å². The van der Waals surface area contributed by atoms with Crippen molar-refractivity contribution < 1.29 is 9.47 Å². The van der Waals surface area contributed by atoms with Crippen LogP contribution in [0, 0.1) is 11.3 Å². The van der Waals surface area contributed by atoms with Crippen LogP contribution in [-0.4, -0.2) is 29.8 Å². The summed E-state index contributed by atoms with van der Waals surface area (Å²) in [4.78, 5) is 14.7. The second-order valence-electron chi connectivity index (χ2n) is 10.3. The Hall–Kier alpha value is -1.56. The molecular weight excluding hydrogens is 412 g/mol. The predicted molar refractivity (Wildman–Crippen MR) is 124 cm³/mol. The van der Waals surface area contributed by atoms with E-state index in [1.54, 1.807) is 12.3 Å². The van der Waals surface area contributed by atoms with Crippen LogP contribution < -0.4 is 16.0 Å². The van der Waals surface area contributed by atoms with Gasteiger partial charge >= 0.3 is 0 Å². The molecule has 2 aliphatic carbocycles. The molecule has 2 aromatic rings. The van der Waals surface area contributed by atoms with Crippen LogP contribution in [0.25, 0.3) is 10.8 Å². The highest BCUT2D eigenvalue weighted by molar-refractivity contribution is 6.32. The van der Waals surface area contributed by atoms with Gasteiger partial charge in [-0.2, -0.15) is 0 Å². The number of ether oxygens (including phenoxy) is 2. The summed E-state index contributed by atoms with van der Waals surface area (Å²) in [7, 11) is 0. The van der Waals surface area contributed by atoms with Crippen molar-refractivity contribution in [1.82, 2.24) is 4.98 Å². The maximum atomic E-state index is 12.0. The van der Waals surface area contributed by atoms with Gasteiger partial charge in [-0.25, -0.2) is 0 Å². The highest BCUT2D eigenvalue weighted by Crippen LogP contribution is 2.53. The first-order valence-corrected chi connectivity index (χ1v) is 12.2. The van der Waals surface area contributed by atoms with Crippen molar-refractivity contribution in [2.75, 3.05) is 13.2 Å². The summed E-state index contributed by atoms with van der Waals surface area (Å²) in [5.41, 5.74) is 6.90. The number of pyridine rings is 1. The van der Waals surface area contributed by atoms with E-state index < -0.39 is 0 Å². The van der Waals surface area contributed by atoms with Crippen molar-refractivity contribution >= 4 is 22.4 Å². The first kappa shape index (κ1) is 21.3. The Balaban J connectivity index is 1.28. The first-order valence-electron chi connectivity index (χ1n) is 11.8. The summed E-state index contributed by atoms with van der Waals surface area (Å²) in [6, 6.07) is 5.50. The molecular formula is C25H33ClN2O3. The number of hydrogen-bond donors (Lipinski definition) is 2. The van der Waals surface area contributed by atoms with Gasteiger partial charge < -0.3 is 20.2 Å². The SMILES string of the molecule is NC1(CC2(CC3CCOCC3)CCC(Oc3cc4cc[nH]c(=O)c4cc3Cl)CC2)CC1. The maximum absolute atomic E-state index is 12.0. The van der Waals surface area contributed by atoms with Crippen LogP contribution in [0.2, 0.25) is 5.02 Å². The van der Waals surface area contributed by atoms with Crippen LogP contribution >= 0.6 is 11.6 Å². The van der Waals surface area contributed by atoms with Gasteiger partial charge in [0.15, 0.2) is 0 Å². The molecule has 2 heterocycles. The molecule has 3 N–H and O–H groups in total. The minimum Gasteiger partial charge on any atom is -0.489 e. The van der Waals surface area contributed by atoms with Gasteiger partial charge in [-0.3, -0.25) is 4.79 Å². The lowest BCUT2D eigenvalue weighted by atomic mass is 9.64. The number of aromatic amines is 1. The van der Waals surface area contributed by atoms with Crippen LogP contribution in [-0.2, 0) is 4.74 Å². The molecule has 5 rings (SSSR count). The average molecular weight is 445 g/mol. The average Bonchev–Trinajstić information content (AvgIpc) is 3.48. The molecule has 0 bridgehead atoms.